The van der Waals surface area contributed by atoms with E-state index in [0.717, 1.165) is 0 Å². The minimum Gasteiger partial charge on any atom is -0.464 e. The number of nitrogens with one attached hydrogen (secondary N) is 2. The normalized spacial score (nSPS) is 9.90. The van der Waals surface area contributed by atoms with E-state index in [9.17, 15) is 4.79 Å². The van der Waals surface area contributed by atoms with Crippen LogP contribution in [0.4, 0.5) is 16.2 Å². The Balaban J connectivity index is 1.92. The summed E-state index contributed by atoms with van der Waals surface area (Å²) in [7, 11) is 0. The molecule has 2 aromatic rings. The number of urea groups is 1. The number of anilines is 2. The van der Waals surface area contributed by atoms with Gasteiger partial charge >= 0.3 is 12.0 Å². The molecule has 104 valence electrons. The van der Waals surface area contributed by atoms with E-state index in [0.29, 0.717) is 23.0 Å². The van der Waals surface area contributed by atoms with Crippen molar-refractivity contribution in [2.24, 2.45) is 0 Å². The number of aromatic nitrogens is 2. The van der Waals surface area contributed by atoms with Gasteiger partial charge in [0.05, 0.1) is 24.7 Å². The van der Waals surface area contributed by atoms with Gasteiger partial charge in [0.1, 0.15) is 0 Å². The Labute approximate surface area is 121 Å². The highest BCUT2D eigenvalue weighted by Crippen LogP contribution is 2.14. The third-order valence-electron chi connectivity index (χ3n) is 2.26. The zero-order chi connectivity index (χ0) is 14.4. The maximum atomic E-state index is 11.7. The number of carbonyl (C=O) groups is 1. The molecule has 2 amide bonds. The molecule has 0 aliphatic rings. The number of rotatable bonds is 4. The second-order valence-electron chi connectivity index (χ2n) is 3.77. The standard InChI is InChI=1S/C13H13ClN4O2/c1-2-20-13-15-7-11(8-16-13)18-12(19)17-10-5-3-9(14)4-6-10/h3-8H,2H2,1H3,(H2,17,18,19). The van der Waals surface area contributed by atoms with Crippen LogP contribution < -0.4 is 15.4 Å². The van der Waals surface area contributed by atoms with Crippen molar-refractivity contribution in [2.75, 3.05) is 17.2 Å². The van der Waals surface area contributed by atoms with Gasteiger partial charge in [-0.05, 0) is 31.2 Å². The SMILES string of the molecule is CCOc1ncc(NC(=O)Nc2ccc(Cl)cc2)cn1. The van der Waals surface area contributed by atoms with Crippen LogP contribution in [0.15, 0.2) is 36.7 Å². The first-order valence-corrected chi connectivity index (χ1v) is 6.33. The van der Waals surface area contributed by atoms with Crippen molar-refractivity contribution in [3.63, 3.8) is 0 Å². The summed E-state index contributed by atoms with van der Waals surface area (Å²) in [6.07, 6.45) is 2.94. The van der Waals surface area contributed by atoms with E-state index in [-0.39, 0.29) is 12.0 Å². The molecule has 2 rings (SSSR count). The van der Waals surface area contributed by atoms with Gasteiger partial charge in [0.25, 0.3) is 0 Å². The fraction of sp³-hybridized carbons (Fsp3) is 0.154. The fourth-order valence-electron chi connectivity index (χ4n) is 1.41. The van der Waals surface area contributed by atoms with Crippen LogP contribution in [0.5, 0.6) is 6.01 Å². The average molecular weight is 293 g/mol. The lowest BCUT2D eigenvalue weighted by Gasteiger charge is -2.07. The Morgan fingerprint density at radius 1 is 1.15 bits per heavy atom. The summed E-state index contributed by atoms with van der Waals surface area (Å²) in [6.45, 7) is 2.33. The molecule has 0 fully saturated rings. The van der Waals surface area contributed by atoms with Gasteiger partial charge < -0.3 is 15.4 Å². The van der Waals surface area contributed by atoms with Crippen LogP contribution in [0.3, 0.4) is 0 Å². The molecule has 1 aromatic carbocycles. The first kappa shape index (κ1) is 14.1. The van der Waals surface area contributed by atoms with E-state index >= 15 is 0 Å². The van der Waals surface area contributed by atoms with Crippen LogP contribution in [0.2, 0.25) is 5.02 Å². The molecular formula is C13H13ClN4O2. The van der Waals surface area contributed by atoms with Crippen LogP contribution in [-0.4, -0.2) is 22.6 Å². The smallest absolute Gasteiger partial charge is 0.323 e. The van der Waals surface area contributed by atoms with Crippen molar-refractivity contribution in [3.05, 3.63) is 41.7 Å². The molecule has 0 unspecified atom stereocenters. The topological polar surface area (TPSA) is 76.1 Å². The van der Waals surface area contributed by atoms with Crippen molar-refractivity contribution in [3.8, 4) is 6.01 Å². The number of amides is 2. The number of ether oxygens (including phenoxy) is 1. The van der Waals surface area contributed by atoms with Crippen molar-refractivity contribution >= 4 is 29.0 Å². The van der Waals surface area contributed by atoms with E-state index in [2.05, 4.69) is 20.6 Å². The minimum absolute atomic E-state index is 0.274. The zero-order valence-corrected chi connectivity index (χ0v) is 11.5. The molecule has 1 aromatic heterocycles. The summed E-state index contributed by atoms with van der Waals surface area (Å²) in [5, 5.41) is 5.88. The van der Waals surface area contributed by atoms with Gasteiger partial charge in [-0.3, -0.25) is 0 Å². The van der Waals surface area contributed by atoms with Crippen molar-refractivity contribution in [1.82, 2.24) is 9.97 Å². The summed E-state index contributed by atoms with van der Waals surface area (Å²) in [4.78, 5) is 19.6. The monoisotopic (exact) mass is 292 g/mol. The number of hydrogen-bond acceptors (Lipinski definition) is 4. The predicted molar refractivity (Wildman–Crippen MR) is 77.3 cm³/mol. The van der Waals surface area contributed by atoms with Crippen LogP contribution in [0.25, 0.3) is 0 Å². The number of hydrogen-bond donors (Lipinski definition) is 2. The van der Waals surface area contributed by atoms with Crippen molar-refractivity contribution < 1.29 is 9.53 Å². The molecular weight excluding hydrogens is 280 g/mol. The molecule has 6 nitrogen and oxygen atoms in total. The molecule has 0 saturated carbocycles. The highest BCUT2D eigenvalue weighted by Gasteiger charge is 2.04. The Morgan fingerprint density at radius 2 is 1.75 bits per heavy atom. The molecule has 0 aliphatic carbocycles. The lowest BCUT2D eigenvalue weighted by Crippen LogP contribution is -2.19. The molecule has 0 spiro atoms. The summed E-state index contributed by atoms with van der Waals surface area (Å²) in [5.74, 6) is 0. The van der Waals surface area contributed by atoms with E-state index in [1.807, 2.05) is 6.92 Å². The Bertz CT molecular complexity index is 572. The van der Waals surface area contributed by atoms with Crippen molar-refractivity contribution in [2.45, 2.75) is 6.92 Å². The lowest BCUT2D eigenvalue weighted by atomic mass is 10.3. The average Bonchev–Trinajstić information content (AvgIpc) is 2.44. The van der Waals surface area contributed by atoms with Gasteiger partial charge in [0.15, 0.2) is 0 Å². The Kier molecular flexibility index (Phi) is 4.73. The predicted octanol–water partition coefficient (Wildman–Crippen LogP) is 3.17. The molecule has 0 aliphatic heterocycles. The molecule has 7 heteroatoms. The highest BCUT2D eigenvalue weighted by molar-refractivity contribution is 6.30. The summed E-state index contributed by atoms with van der Waals surface area (Å²) < 4.78 is 5.11. The summed E-state index contributed by atoms with van der Waals surface area (Å²) in [6, 6.07) is 6.68. The van der Waals surface area contributed by atoms with Gasteiger partial charge in [0, 0.05) is 10.7 Å². The van der Waals surface area contributed by atoms with Gasteiger partial charge in [-0.1, -0.05) is 11.6 Å². The van der Waals surface area contributed by atoms with E-state index in [1.165, 1.54) is 12.4 Å². The Morgan fingerprint density at radius 3 is 2.35 bits per heavy atom. The summed E-state index contributed by atoms with van der Waals surface area (Å²) in [5.41, 5.74) is 1.11. The fourth-order valence-corrected chi connectivity index (χ4v) is 1.54. The number of carbonyl (C=O) groups excluding carboxylic acids is 1. The zero-order valence-electron chi connectivity index (χ0n) is 10.8. The number of halogens is 1. The minimum atomic E-state index is -0.389. The Hall–Kier alpha value is -2.34. The third kappa shape index (κ3) is 4.10. The van der Waals surface area contributed by atoms with Gasteiger partial charge in [-0.15, -0.1) is 0 Å². The molecule has 0 saturated heterocycles. The number of benzene rings is 1. The first-order valence-electron chi connectivity index (χ1n) is 5.96. The van der Waals surface area contributed by atoms with Gasteiger partial charge in [-0.2, -0.15) is 0 Å². The maximum absolute atomic E-state index is 11.7. The number of nitrogens with zero attached hydrogens (tertiary/aromatic N) is 2. The first-order chi connectivity index (χ1) is 9.67. The van der Waals surface area contributed by atoms with Crippen molar-refractivity contribution in [1.29, 1.82) is 0 Å². The molecule has 0 bridgehead atoms. The molecule has 20 heavy (non-hydrogen) atoms. The molecule has 0 atom stereocenters. The lowest BCUT2D eigenvalue weighted by molar-refractivity contribution is 0.262. The largest absolute Gasteiger partial charge is 0.464 e. The van der Waals surface area contributed by atoms with E-state index in [4.69, 9.17) is 16.3 Å². The molecule has 1 heterocycles. The maximum Gasteiger partial charge on any atom is 0.323 e. The second-order valence-corrected chi connectivity index (χ2v) is 4.21. The van der Waals surface area contributed by atoms with E-state index < -0.39 is 0 Å². The van der Waals surface area contributed by atoms with Crippen LogP contribution in [-0.2, 0) is 0 Å². The summed E-state index contributed by atoms with van der Waals surface area (Å²) >= 11 is 5.76. The highest BCUT2D eigenvalue weighted by atomic mass is 35.5. The van der Waals surface area contributed by atoms with Crippen LogP contribution >= 0.6 is 11.6 Å². The van der Waals surface area contributed by atoms with E-state index in [1.54, 1.807) is 24.3 Å². The van der Waals surface area contributed by atoms with Crippen LogP contribution in [0.1, 0.15) is 6.92 Å². The molecule has 2 N–H and O–H groups in total. The van der Waals surface area contributed by atoms with Gasteiger partial charge in [0.2, 0.25) is 0 Å². The van der Waals surface area contributed by atoms with Gasteiger partial charge in [-0.25, -0.2) is 14.8 Å². The second kappa shape index (κ2) is 6.72. The quantitative estimate of drug-likeness (QED) is 0.907. The van der Waals surface area contributed by atoms with Crippen LogP contribution in [0, 0.1) is 0 Å². The molecule has 0 radical (unpaired) electrons. The third-order valence-corrected chi connectivity index (χ3v) is 2.51.